The average molecular weight is 222 g/mol. The van der Waals surface area contributed by atoms with E-state index in [9.17, 15) is 13.2 Å². The molecule has 0 spiro atoms. The molecule has 84 valence electrons. The molecule has 15 heavy (non-hydrogen) atoms. The summed E-state index contributed by atoms with van der Waals surface area (Å²) < 4.78 is 40.1. The molecule has 0 saturated heterocycles. The molecular formula is C8H9F3N2O2. The summed E-state index contributed by atoms with van der Waals surface area (Å²) in [5.74, 6) is 0.0592. The molecule has 0 bridgehead atoms. The fourth-order valence-corrected chi connectivity index (χ4v) is 0.868. The van der Waals surface area contributed by atoms with Crippen molar-refractivity contribution in [3.8, 4) is 5.75 Å². The van der Waals surface area contributed by atoms with E-state index in [1.807, 2.05) is 0 Å². The Morgan fingerprint density at radius 1 is 1.47 bits per heavy atom. The summed E-state index contributed by atoms with van der Waals surface area (Å²) in [6, 6.07) is 2.89. The summed E-state index contributed by atoms with van der Waals surface area (Å²) >= 11 is 0. The lowest BCUT2D eigenvalue weighted by atomic mass is 10.4. The van der Waals surface area contributed by atoms with Crippen LogP contribution in [0.5, 0.6) is 5.75 Å². The molecule has 1 heterocycles. The van der Waals surface area contributed by atoms with Gasteiger partial charge in [0, 0.05) is 6.20 Å². The van der Waals surface area contributed by atoms with Gasteiger partial charge in [-0.2, -0.15) is 13.2 Å². The summed E-state index contributed by atoms with van der Waals surface area (Å²) in [7, 11) is 0. The van der Waals surface area contributed by atoms with E-state index in [-0.39, 0.29) is 11.6 Å². The molecule has 0 aliphatic carbocycles. The smallest absolute Gasteiger partial charge is 0.392 e. The van der Waals surface area contributed by atoms with Crippen molar-refractivity contribution in [2.75, 3.05) is 12.1 Å². The molecule has 4 nitrogen and oxygen atoms in total. The van der Waals surface area contributed by atoms with Gasteiger partial charge in [0.2, 0.25) is 0 Å². The molecule has 0 aliphatic rings. The largest absolute Gasteiger partial charge is 0.489 e. The minimum Gasteiger partial charge on any atom is -0.489 e. The highest BCUT2D eigenvalue weighted by Gasteiger charge is 2.27. The quantitative estimate of drug-likeness (QED) is 0.767. The fourth-order valence-electron chi connectivity index (χ4n) is 0.868. The van der Waals surface area contributed by atoms with Gasteiger partial charge in [-0.3, -0.25) is 5.21 Å². The van der Waals surface area contributed by atoms with E-state index >= 15 is 0 Å². The molecular weight excluding hydrogens is 213 g/mol. The van der Waals surface area contributed by atoms with E-state index in [4.69, 9.17) is 9.94 Å². The standard InChI is InChI=1S/C8H9F3N2O2/c9-8(10,11)3-5-15-6-2-1-4-12-7(6)13-14/h1-2,4,14H,3,5H2,(H,12,13). The number of aromatic nitrogens is 1. The maximum absolute atomic E-state index is 11.8. The highest BCUT2D eigenvalue weighted by atomic mass is 19.4. The van der Waals surface area contributed by atoms with Crippen LogP contribution in [0.15, 0.2) is 18.3 Å². The van der Waals surface area contributed by atoms with Gasteiger partial charge >= 0.3 is 6.18 Å². The van der Waals surface area contributed by atoms with Crippen molar-refractivity contribution in [2.45, 2.75) is 12.6 Å². The van der Waals surface area contributed by atoms with E-state index in [0.29, 0.717) is 0 Å². The number of anilines is 1. The van der Waals surface area contributed by atoms with Crippen molar-refractivity contribution >= 4 is 5.82 Å². The highest BCUT2D eigenvalue weighted by molar-refractivity contribution is 5.47. The molecule has 0 radical (unpaired) electrons. The zero-order valence-electron chi connectivity index (χ0n) is 7.58. The van der Waals surface area contributed by atoms with Gasteiger partial charge in [-0.25, -0.2) is 10.5 Å². The summed E-state index contributed by atoms with van der Waals surface area (Å²) in [6.07, 6.45) is -3.93. The Morgan fingerprint density at radius 2 is 2.20 bits per heavy atom. The first-order valence-corrected chi connectivity index (χ1v) is 4.07. The first-order valence-electron chi connectivity index (χ1n) is 4.07. The SMILES string of the molecule is ONc1ncccc1OCCC(F)(F)F. The Kier molecular flexibility index (Phi) is 3.73. The molecule has 1 aromatic heterocycles. The molecule has 0 aliphatic heterocycles. The lowest BCUT2D eigenvalue weighted by molar-refractivity contribution is -0.139. The van der Waals surface area contributed by atoms with E-state index in [2.05, 4.69) is 4.98 Å². The number of ether oxygens (including phenoxy) is 1. The van der Waals surface area contributed by atoms with Crippen LogP contribution in [0.2, 0.25) is 0 Å². The molecule has 0 saturated carbocycles. The van der Waals surface area contributed by atoms with Crippen molar-refractivity contribution in [3.63, 3.8) is 0 Å². The predicted molar refractivity (Wildman–Crippen MR) is 45.8 cm³/mol. The third kappa shape index (κ3) is 4.03. The van der Waals surface area contributed by atoms with Gasteiger partial charge < -0.3 is 4.74 Å². The molecule has 0 amide bonds. The molecule has 1 aromatic rings. The maximum Gasteiger partial charge on any atom is 0.392 e. The second-order valence-corrected chi connectivity index (χ2v) is 2.68. The third-order valence-electron chi connectivity index (χ3n) is 1.52. The molecule has 0 aromatic carbocycles. The summed E-state index contributed by atoms with van der Waals surface area (Å²) in [5, 5.41) is 8.56. The van der Waals surface area contributed by atoms with Gasteiger partial charge in [0.25, 0.3) is 0 Å². The summed E-state index contributed by atoms with van der Waals surface area (Å²) in [4.78, 5) is 3.64. The predicted octanol–water partition coefficient (Wildman–Crippen LogP) is 2.21. The molecule has 2 N–H and O–H groups in total. The molecule has 0 unspecified atom stereocenters. The number of pyridine rings is 1. The molecule has 0 fully saturated rings. The van der Waals surface area contributed by atoms with Gasteiger partial charge in [0.05, 0.1) is 13.0 Å². The number of hydrogen-bond donors (Lipinski definition) is 2. The lowest BCUT2D eigenvalue weighted by Crippen LogP contribution is -2.13. The van der Waals surface area contributed by atoms with Crippen molar-refractivity contribution in [2.24, 2.45) is 0 Å². The van der Waals surface area contributed by atoms with Gasteiger partial charge in [0.1, 0.15) is 0 Å². The molecule has 0 atom stereocenters. The molecule has 1 rings (SSSR count). The van der Waals surface area contributed by atoms with Gasteiger partial charge in [-0.1, -0.05) is 0 Å². The minimum absolute atomic E-state index is 0.0142. The zero-order chi connectivity index (χ0) is 11.3. The Morgan fingerprint density at radius 3 is 2.80 bits per heavy atom. The Balaban J connectivity index is 2.50. The number of nitrogens with zero attached hydrogens (tertiary/aromatic N) is 1. The van der Waals surface area contributed by atoms with Crippen LogP contribution in [0.4, 0.5) is 19.0 Å². The van der Waals surface area contributed by atoms with Gasteiger partial charge in [-0.15, -0.1) is 0 Å². The number of rotatable bonds is 4. The normalized spacial score (nSPS) is 11.2. The summed E-state index contributed by atoms with van der Waals surface area (Å²) in [5.41, 5.74) is 1.73. The van der Waals surface area contributed by atoms with Crippen LogP contribution >= 0.6 is 0 Å². The number of hydrogen-bond acceptors (Lipinski definition) is 4. The monoisotopic (exact) mass is 222 g/mol. The van der Waals surface area contributed by atoms with Crippen molar-refractivity contribution < 1.29 is 23.1 Å². The number of halogens is 3. The van der Waals surface area contributed by atoms with E-state index in [0.717, 1.165) is 0 Å². The van der Waals surface area contributed by atoms with Crippen LogP contribution in [-0.4, -0.2) is 23.0 Å². The van der Waals surface area contributed by atoms with Crippen LogP contribution in [0, 0.1) is 0 Å². The second-order valence-electron chi connectivity index (χ2n) is 2.68. The van der Waals surface area contributed by atoms with E-state index in [1.165, 1.54) is 18.3 Å². The first kappa shape index (κ1) is 11.6. The fraction of sp³-hybridized carbons (Fsp3) is 0.375. The third-order valence-corrected chi connectivity index (χ3v) is 1.52. The van der Waals surface area contributed by atoms with Crippen LogP contribution in [0.25, 0.3) is 0 Å². The van der Waals surface area contributed by atoms with E-state index in [1.54, 1.807) is 5.48 Å². The first-order chi connectivity index (χ1) is 7.03. The van der Waals surface area contributed by atoms with Crippen molar-refractivity contribution in [1.29, 1.82) is 0 Å². The Hall–Kier alpha value is -1.50. The maximum atomic E-state index is 11.8. The topological polar surface area (TPSA) is 54.4 Å². The Bertz CT molecular complexity index is 317. The van der Waals surface area contributed by atoms with Crippen molar-refractivity contribution in [1.82, 2.24) is 4.98 Å². The van der Waals surface area contributed by atoms with Gasteiger partial charge in [0.15, 0.2) is 11.6 Å². The summed E-state index contributed by atoms with van der Waals surface area (Å²) in [6.45, 7) is -0.510. The van der Waals surface area contributed by atoms with Crippen molar-refractivity contribution in [3.05, 3.63) is 18.3 Å². The number of nitrogens with one attached hydrogen (secondary N) is 1. The zero-order valence-corrected chi connectivity index (χ0v) is 7.58. The second kappa shape index (κ2) is 4.83. The van der Waals surface area contributed by atoms with Crippen LogP contribution in [-0.2, 0) is 0 Å². The number of alkyl halides is 3. The Labute approximate surface area is 83.7 Å². The van der Waals surface area contributed by atoms with Crippen LogP contribution < -0.4 is 10.2 Å². The molecule has 7 heteroatoms. The average Bonchev–Trinajstić information content (AvgIpc) is 2.16. The lowest BCUT2D eigenvalue weighted by Gasteiger charge is -2.10. The van der Waals surface area contributed by atoms with Crippen LogP contribution in [0.1, 0.15) is 6.42 Å². The highest BCUT2D eigenvalue weighted by Crippen LogP contribution is 2.23. The van der Waals surface area contributed by atoms with E-state index < -0.39 is 19.2 Å². The van der Waals surface area contributed by atoms with Crippen LogP contribution in [0.3, 0.4) is 0 Å². The minimum atomic E-state index is -4.25. The van der Waals surface area contributed by atoms with Gasteiger partial charge in [-0.05, 0) is 12.1 Å².